The lowest BCUT2D eigenvalue weighted by Gasteiger charge is -2.48. The summed E-state index contributed by atoms with van der Waals surface area (Å²) in [6, 6.07) is 0. The zero-order chi connectivity index (χ0) is 8.28. The molecule has 0 amide bonds. The van der Waals surface area contributed by atoms with E-state index in [1.54, 1.807) is 0 Å². The highest BCUT2D eigenvalue weighted by molar-refractivity contribution is 7.59. The van der Waals surface area contributed by atoms with Crippen molar-refractivity contribution in [3.05, 3.63) is 0 Å². The summed E-state index contributed by atoms with van der Waals surface area (Å²) in [6.07, 6.45) is 2.51. The van der Waals surface area contributed by atoms with E-state index in [4.69, 9.17) is 0 Å². The minimum absolute atomic E-state index is 0.144. The Morgan fingerprint density at radius 1 is 1.64 bits per heavy atom. The van der Waals surface area contributed by atoms with Gasteiger partial charge in [0.05, 0.1) is 0 Å². The van der Waals surface area contributed by atoms with Gasteiger partial charge in [-0.2, -0.15) is 0 Å². The van der Waals surface area contributed by atoms with Gasteiger partial charge in [0.15, 0.2) is 0 Å². The fraction of sp³-hybridized carbons (Fsp3) is 1.00. The predicted octanol–water partition coefficient (Wildman–Crippen LogP) is 2.08. The van der Waals surface area contributed by atoms with E-state index in [9.17, 15) is 9.46 Å². The van der Waals surface area contributed by atoms with Crippen LogP contribution >= 0.6 is 7.37 Å². The monoisotopic (exact) mass is 174 g/mol. The van der Waals surface area contributed by atoms with Crippen molar-refractivity contribution in [1.82, 2.24) is 0 Å². The lowest BCUT2D eigenvalue weighted by molar-refractivity contribution is 0.0793. The highest BCUT2D eigenvalue weighted by atomic mass is 31.2. The maximum absolute atomic E-state index is 11.5. The molecule has 0 bridgehead atoms. The molecule has 0 aromatic heterocycles. The van der Waals surface area contributed by atoms with Crippen LogP contribution in [-0.2, 0) is 4.57 Å². The van der Waals surface area contributed by atoms with Crippen molar-refractivity contribution in [2.45, 2.75) is 32.3 Å². The van der Waals surface area contributed by atoms with Crippen LogP contribution < -0.4 is 0 Å². The SMILES string of the molecule is CC1C[C@@H]2[C@]1(C)CCP2(=O)O. The molecule has 1 N–H and O–H groups in total. The van der Waals surface area contributed by atoms with Gasteiger partial charge in [-0.25, -0.2) is 0 Å². The van der Waals surface area contributed by atoms with E-state index in [2.05, 4.69) is 13.8 Å². The van der Waals surface area contributed by atoms with Crippen molar-refractivity contribution in [1.29, 1.82) is 0 Å². The van der Waals surface area contributed by atoms with Crippen LogP contribution in [0.3, 0.4) is 0 Å². The van der Waals surface area contributed by atoms with E-state index in [0.717, 1.165) is 12.8 Å². The standard InChI is InChI=1S/C8H15O2P/c1-6-5-7-8(6,2)3-4-11(7,9)10/h6-7H,3-5H2,1-2H3,(H,9,10)/t6?,7-,8-/m1/s1. The molecule has 0 radical (unpaired) electrons. The summed E-state index contributed by atoms with van der Waals surface area (Å²) in [7, 11) is -2.71. The van der Waals surface area contributed by atoms with Crippen molar-refractivity contribution in [3.8, 4) is 0 Å². The molecular weight excluding hydrogens is 159 g/mol. The zero-order valence-corrected chi connectivity index (χ0v) is 7.97. The van der Waals surface area contributed by atoms with Crippen LogP contribution in [-0.4, -0.2) is 16.7 Å². The first kappa shape index (κ1) is 7.82. The van der Waals surface area contributed by atoms with Crippen LogP contribution in [0.25, 0.3) is 0 Å². The molecule has 0 aromatic carbocycles. The van der Waals surface area contributed by atoms with E-state index < -0.39 is 7.37 Å². The molecule has 64 valence electrons. The lowest BCUT2D eigenvalue weighted by Crippen LogP contribution is -2.45. The van der Waals surface area contributed by atoms with E-state index in [-0.39, 0.29) is 11.1 Å². The van der Waals surface area contributed by atoms with E-state index in [1.165, 1.54) is 0 Å². The molecule has 1 heterocycles. The lowest BCUT2D eigenvalue weighted by atomic mass is 9.60. The third-order valence-electron chi connectivity index (χ3n) is 3.92. The minimum Gasteiger partial charge on any atom is -0.344 e. The molecule has 1 saturated heterocycles. The Morgan fingerprint density at radius 3 is 2.64 bits per heavy atom. The number of fused-ring (bicyclic) bond motifs is 1. The van der Waals surface area contributed by atoms with Crippen LogP contribution in [0, 0.1) is 11.3 Å². The van der Waals surface area contributed by atoms with Crippen LogP contribution in [0.15, 0.2) is 0 Å². The molecule has 2 rings (SSSR count). The van der Waals surface area contributed by atoms with Crippen LogP contribution in [0.4, 0.5) is 0 Å². The quantitative estimate of drug-likeness (QED) is 0.571. The molecule has 2 aliphatic rings. The van der Waals surface area contributed by atoms with Gasteiger partial charge >= 0.3 is 0 Å². The maximum atomic E-state index is 11.5. The van der Waals surface area contributed by atoms with Crippen LogP contribution in [0.1, 0.15) is 26.7 Å². The molecule has 11 heavy (non-hydrogen) atoms. The summed E-state index contributed by atoms with van der Waals surface area (Å²) in [5.74, 6) is 0.662. The van der Waals surface area contributed by atoms with Crippen molar-refractivity contribution >= 4 is 7.37 Å². The molecule has 0 aromatic rings. The highest BCUT2D eigenvalue weighted by Gasteiger charge is 2.61. The number of rotatable bonds is 0. The summed E-state index contributed by atoms with van der Waals surface area (Å²) in [5, 5.41) is 0. The van der Waals surface area contributed by atoms with Gasteiger partial charge in [0.1, 0.15) is 0 Å². The fourth-order valence-corrected chi connectivity index (χ4v) is 5.70. The molecular formula is C8H15O2P. The highest BCUT2D eigenvalue weighted by Crippen LogP contribution is 2.72. The average Bonchev–Trinajstić information content (AvgIpc) is 2.10. The summed E-state index contributed by atoms with van der Waals surface area (Å²) in [6.45, 7) is 4.36. The number of hydrogen-bond donors (Lipinski definition) is 1. The second-order valence-corrected chi connectivity index (χ2v) is 6.97. The fourth-order valence-electron chi connectivity index (χ4n) is 2.64. The predicted molar refractivity (Wildman–Crippen MR) is 45.0 cm³/mol. The molecule has 1 aliphatic heterocycles. The van der Waals surface area contributed by atoms with Gasteiger partial charge in [0, 0.05) is 11.8 Å². The topological polar surface area (TPSA) is 37.3 Å². The Morgan fingerprint density at radius 2 is 2.27 bits per heavy atom. The maximum Gasteiger partial charge on any atom is 0.204 e. The Bertz CT molecular complexity index is 238. The first-order valence-corrected chi connectivity index (χ1v) is 6.20. The Kier molecular flexibility index (Phi) is 1.36. The van der Waals surface area contributed by atoms with Gasteiger partial charge in [0.25, 0.3) is 0 Å². The van der Waals surface area contributed by atoms with Gasteiger partial charge in [0.2, 0.25) is 7.37 Å². The smallest absolute Gasteiger partial charge is 0.204 e. The Hall–Kier alpha value is 0.190. The summed E-state index contributed by atoms with van der Waals surface area (Å²) >= 11 is 0. The molecule has 1 aliphatic carbocycles. The largest absolute Gasteiger partial charge is 0.344 e. The van der Waals surface area contributed by atoms with Crippen LogP contribution in [0.5, 0.6) is 0 Å². The van der Waals surface area contributed by atoms with Crippen molar-refractivity contribution in [2.75, 3.05) is 6.16 Å². The number of hydrogen-bond acceptors (Lipinski definition) is 1. The van der Waals surface area contributed by atoms with E-state index in [1.807, 2.05) is 0 Å². The third-order valence-corrected chi connectivity index (χ3v) is 6.56. The van der Waals surface area contributed by atoms with Crippen molar-refractivity contribution in [3.63, 3.8) is 0 Å². The summed E-state index contributed by atoms with van der Waals surface area (Å²) in [5.41, 5.74) is 0.356. The third kappa shape index (κ3) is 0.802. The van der Waals surface area contributed by atoms with Gasteiger partial charge in [-0.05, 0) is 24.2 Å². The molecule has 0 spiro atoms. The Labute approximate surface area is 67.5 Å². The first-order chi connectivity index (χ1) is 4.97. The molecule has 4 atom stereocenters. The van der Waals surface area contributed by atoms with Gasteiger partial charge < -0.3 is 4.89 Å². The van der Waals surface area contributed by atoms with Gasteiger partial charge in [-0.15, -0.1) is 0 Å². The zero-order valence-electron chi connectivity index (χ0n) is 7.08. The van der Waals surface area contributed by atoms with E-state index >= 15 is 0 Å². The normalized spacial score (nSPS) is 62.1. The molecule has 1 saturated carbocycles. The Balaban J connectivity index is 2.30. The minimum atomic E-state index is -2.71. The van der Waals surface area contributed by atoms with Crippen molar-refractivity contribution in [2.24, 2.45) is 11.3 Å². The van der Waals surface area contributed by atoms with Crippen molar-refractivity contribution < 1.29 is 9.46 Å². The van der Waals surface area contributed by atoms with Gasteiger partial charge in [-0.3, -0.25) is 4.57 Å². The summed E-state index contributed by atoms with van der Waals surface area (Å²) in [4.78, 5) is 9.52. The van der Waals surface area contributed by atoms with Gasteiger partial charge in [-0.1, -0.05) is 13.8 Å². The van der Waals surface area contributed by atoms with Crippen LogP contribution in [0.2, 0.25) is 0 Å². The first-order valence-electron chi connectivity index (χ1n) is 4.28. The van der Waals surface area contributed by atoms with E-state index in [0.29, 0.717) is 12.1 Å². The second-order valence-electron chi connectivity index (χ2n) is 4.39. The summed E-state index contributed by atoms with van der Waals surface area (Å²) < 4.78 is 11.5. The average molecular weight is 174 g/mol. The molecule has 3 heteroatoms. The molecule has 2 nitrogen and oxygen atoms in total. The molecule has 2 fully saturated rings. The molecule has 2 unspecified atom stereocenters. The second kappa shape index (κ2) is 1.92.